The van der Waals surface area contributed by atoms with Crippen molar-refractivity contribution >= 4 is 22.4 Å². The number of carboxylic acids is 1. The second kappa shape index (κ2) is 10.5. The SMILES string of the molecule is CC(C)(C)C1CCC(Oc2ccc(-c3csc(N(CCC(=O)[O-])C4CCCC4)n3)cc2)CC1. The van der Waals surface area contributed by atoms with Gasteiger partial charge in [-0.2, -0.15) is 0 Å². The Morgan fingerprint density at radius 2 is 1.76 bits per heavy atom. The summed E-state index contributed by atoms with van der Waals surface area (Å²) in [6, 6.07) is 8.64. The molecular formula is C27H37N2O3S-. The van der Waals surface area contributed by atoms with Gasteiger partial charge in [0.2, 0.25) is 0 Å². The number of anilines is 1. The minimum absolute atomic E-state index is 0.0368. The van der Waals surface area contributed by atoms with Crippen LogP contribution in [0.15, 0.2) is 29.6 Å². The third kappa shape index (κ3) is 6.28. The summed E-state index contributed by atoms with van der Waals surface area (Å²) in [5.41, 5.74) is 2.38. The number of aliphatic carboxylic acids is 1. The number of aromatic nitrogens is 1. The molecule has 0 radical (unpaired) electrons. The van der Waals surface area contributed by atoms with Gasteiger partial charge in [-0.25, -0.2) is 4.98 Å². The molecule has 1 heterocycles. The molecule has 2 saturated carbocycles. The van der Waals surface area contributed by atoms with Gasteiger partial charge in [-0.15, -0.1) is 11.3 Å². The third-order valence-electron chi connectivity index (χ3n) is 7.41. The highest BCUT2D eigenvalue weighted by Gasteiger charge is 2.30. The molecule has 0 saturated heterocycles. The molecule has 2 aliphatic carbocycles. The molecule has 5 nitrogen and oxygen atoms in total. The Kier molecular flexibility index (Phi) is 7.62. The minimum atomic E-state index is -1.00. The van der Waals surface area contributed by atoms with E-state index in [9.17, 15) is 9.90 Å². The zero-order chi connectivity index (χ0) is 23.4. The van der Waals surface area contributed by atoms with E-state index in [1.54, 1.807) is 11.3 Å². The van der Waals surface area contributed by atoms with Gasteiger partial charge in [-0.3, -0.25) is 0 Å². The molecule has 1 aromatic carbocycles. The molecule has 2 aromatic rings. The normalized spacial score (nSPS) is 21.8. The molecular weight excluding hydrogens is 432 g/mol. The monoisotopic (exact) mass is 469 g/mol. The van der Waals surface area contributed by atoms with E-state index in [4.69, 9.17) is 9.72 Å². The lowest BCUT2D eigenvalue weighted by Gasteiger charge is -2.36. The predicted octanol–water partition coefficient (Wildman–Crippen LogP) is 5.68. The second-order valence-corrected chi connectivity index (χ2v) is 11.6. The number of benzene rings is 1. The van der Waals surface area contributed by atoms with Crippen LogP contribution >= 0.6 is 11.3 Å². The molecule has 33 heavy (non-hydrogen) atoms. The Morgan fingerprint density at radius 1 is 1.09 bits per heavy atom. The van der Waals surface area contributed by atoms with E-state index in [2.05, 4.69) is 55.3 Å². The van der Waals surface area contributed by atoms with E-state index in [1.807, 2.05) is 0 Å². The van der Waals surface area contributed by atoms with Crippen molar-refractivity contribution in [1.29, 1.82) is 0 Å². The Labute approximate surface area is 202 Å². The first-order valence-corrected chi connectivity index (χ1v) is 13.4. The summed E-state index contributed by atoms with van der Waals surface area (Å²) < 4.78 is 6.28. The summed E-state index contributed by atoms with van der Waals surface area (Å²) in [5.74, 6) is 0.710. The van der Waals surface area contributed by atoms with Crippen molar-refractivity contribution in [2.75, 3.05) is 11.4 Å². The molecule has 0 atom stereocenters. The van der Waals surface area contributed by atoms with Crippen LogP contribution in [0.25, 0.3) is 11.3 Å². The van der Waals surface area contributed by atoms with Gasteiger partial charge < -0.3 is 19.5 Å². The summed E-state index contributed by atoms with van der Waals surface area (Å²) in [4.78, 5) is 18.1. The van der Waals surface area contributed by atoms with Gasteiger partial charge in [0.25, 0.3) is 0 Å². The molecule has 4 rings (SSSR count). The highest BCUT2D eigenvalue weighted by atomic mass is 32.1. The molecule has 2 fully saturated rings. The van der Waals surface area contributed by atoms with Crippen molar-refractivity contribution in [3.63, 3.8) is 0 Å². The number of carbonyl (C=O) groups excluding carboxylic acids is 1. The molecule has 1 aromatic heterocycles. The Balaban J connectivity index is 1.37. The Hall–Kier alpha value is -2.08. The number of carbonyl (C=O) groups is 1. The Morgan fingerprint density at radius 3 is 2.36 bits per heavy atom. The first kappa shape index (κ1) is 24.1. The van der Waals surface area contributed by atoms with E-state index in [1.165, 1.54) is 25.7 Å². The van der Waals surface area contributed by atoms with E-state index in [0.29, 0.717) is 24.1 Å². The maximum absolute atomic E-state index is 11.0. The molecule has 0 unspecified atom stereocenters. The largest absolute Gasteiger partial charge is 0.550 e. The lowest BCUT2D eigenvalue weighted by molar-refractivity contribution is -0.305. The average Bonchev–Trinajstić information content (AvgIpc) is 3.47. The quantitative estimate of drug-likeness (QED) is 0.497. The molecule has 2 aliphatic rings. The summed E-state index contributed by atoms with van der Waals surface area (Å²) in [6.07, 6.45) is 9.68. The summed E-state index contributed by atoms with van der Waals surface area (Å²) in [6.45, 7) is 7.50. The van der Waals surface area contributed by atoms with E-state index in [0.717, 1.165) is 53.7 Å². The van der Waals surface area contributed by atoms with Crippen molar-refractivity contribution in [1.82, 2.24) is 4.98 Å². The minimum Gasteiger partial charge on any atom is -0.550 e. The molecule has 180 valence electrons. The van der Waals surface area contributed by atoms with Crippen LogP contribution in [-0.4, -0.2) is 29.6 Å². The summed E-state index contributed by atoms with van der Waals surface area (Å²) >= 11 is 1.60. The smallest absolute Gasteiger partial charge is 0.186 e. The van der Waals surface area contributed by atoms with E-state index >= 15 is 0 Å². The van der Waals surface area contributed by atoms with Crippen LogP contribution in [0.4, 0.5) is 5.13 Å². The van der Waals surface area contributed by atoms with Crippen LogP contribution in [0.2, 0.25) is 0 Å². The zero-order valence-corrected chi connectivity index (χ0v) is 21.0. The summed E-state index contributed by atoms with van der Waals surface area (Å²) in [7, 11) is 0. The van der Waals surface area contributed by atoms with Gasteiger partial charge in [0.1, 0.15) is 5.75 Å². The first-order chi connectivity index (χ1) is 15.8. The molecule has 0 bridgehead atoms. The van der Waals surface area contributed by atoms with Crippen LogP contribution in [-0.2, 0) is 4.79 Å². The fourth-order valence-electron chi connectivity index (χ4n) is 5.33. The molecule has 0 spiro atoms. The zero-order valence-electron chi connectivity index (χ0n) is 20.2. The van der Waals surface area contributed by atoms with Crippen molar-refractivity contribution in [3.05, 3.63) is 29.6 Å². The number of rotatable bonds is 8. The van der Waals surface area contributed by atoms with Gasteiger partial charge in [-0.1, -0.05) is 33.6 Å². The molecule has 0 aliphatic heterocycles. The molecule has 0 amide bonds. The lowest BCUT2D eigenvalue weighted by Crippen LogP contribution is -2.37. The van der Waals surface area contributed by atoms with Crippen molar-refractivity contribution in [3.8, 4) is 17.0 Å². The van der Waals surface area contributed by atoms with Gasteiger partial charge in [-0.05, 0) is 74.1 Å². The second-order valence-electron chi connectivity index (χ2n) is 10.8. The van der Waals surface area contributed by atoms with Crippen molar-refractivity contribution in [2.24, 2.45) is 11.3 Å². The maximum Gasteiger partial charge on any atom is 0.186 e. The topological polar surface area (TPSA) is 65.5 Å². The number of hydrogen-bond acceptors (Lipinski definition) is 6. The van der Waals surface area contributed by atoms with Gasteiger partial charge in [0.05, 0.1) is 11.8 Å². The standard InChI is InChI=1S/C27H38N2O3S/c1-27(2,3)20-10-14-23(15-11-20)32-22-12-8-19(9-13-22)24-18-33-26(28-24)29(17-16-25(30)31)21-6-4-5-7-21/h8-9,12-13,18,20-21,23H,4-7,10-11,14-17H2,1-3H3,(H,30,31)/p-1. The van der Waals surface area contributed by atoms with Crippen LogP contribution in [0.1, 0.15) is 78.6 Å². The first-order valence-electron chi connectivity index (χ1n) is 12.5. The van der Waals surface area contributed by atoms with Gasteiger partial charge in [0.15, 0.2) is 5.13 Å². The number of thiazole rings is 1. The third-order valence-corrected chi connectivity index (χ3v) is 8.29. The number of nitrogens with zero attached hydrogens (tertiary/aromatic N) is 2. The predicted molar refractivity (Wildman–Crippen MR) is 133 cm³/mol. The van der Waals surface area contributed by atoms with Crippen LogP contribution < -0.4 is 14.7 Å². The van der Waals surface area contributed by atoms with Crippen molar-refractivity contribution in [2.45, 2.75) is 90.7 Å². The summed E-state index contributed by atoms with van der Waals surface area (Å²) in [5, 5.41) is 14.0. The maximum atomic E-state index is 11.0. The number of hydrogen-bond donors (Lipinski definition) is 0. The molecule has 6 heteroatoms. The molecule has 0 N–H and O–H groups in total. The van der Waals surface area contributed by atoms with E-state index < -0.39 is 5.97 Å². The Bertz CT molecular complexity index is 904. The van der Waals surface area contributed by atoms with Gasteiger partial charge in [0, 0.05) is 35.9 Å². The van der Waals surface area contributed by atoms with Crippen molar-refractivity contribution < 1.29 is 14.6 Å². The highest BCUT2D eigenvalue weighted by molar-refractivity contribution is 7.14. The van der Waals surface area contributed by atoms with Crippen LogP contribution in [0.5, 0.6) is 5.75 Å². The highest BCUT2D eigenvalue weighted by Crippen LogP contribution is 2.39. The fraction of sp³-hybridized carbons (Fsp3) is 0.630. The van der Waals surface area contributed by atoms with Crippen LogP contribution in [0.3, 0.4) is 0 Å². The van der Waals surface area contributed by atoms with E-state index in [-0.39, 0.29) is 6.42 Å². The van der Waals surface area contributed by atoms with Crippen LogP contribution in [0, 0.1) is 11.3 Å². The average molecular weight is 470 g/mol. The number of carboxylic acid groups (broad SMARTS) is 1. The number of ether oxygens (including phenoxy) is 1. The lowest BCUT2D eigenvalue weighted by atomic mass is 9.72. The fourth-order valence-corrected chi connectivity index (χ4v) is 6.27. The van der Waals surface area contributed by atoms with Gasteiger partial charge >= 0.3 is 0 Å².